The molecule has 1 aliphatic carbocycles. The molecular weight excluding hydrogens is 340 g/mol. The van der Waals surface area contributed by atoms with Crippen LogP contribution in [0, 0.1) is 6.92 Å². The Morgan fingerprint density at radius 1 is 1.26 bits per heavy atom. The first-order valence-electron chi connectivity index (χ1n) is 9.18. The van der Waals surface area contributed by atoms with Crippen molar-refractivity contribution in [1.82, 2.24) is 24.7 Å². The lowest BCUT2D eigenvalue weighted by Gasteiger charge is -2.07. The van der Waals surface area contributed by atoms with Gasteiger partial charge in [-0.3, -0.25) is 4.68 Å². The second-order valence-corrected chi connectivity index (χ2v) is 7.34. The van der Waals surface area contributed by atoms with Crippen molar-refractivity contribution < 1.29 is 4.74 Å². The minimum Gasteiger partial charge on any atom is -0.495 e. The number of nitrogens with one attached hydrogen (secondary N) is 1. The minimum absolute atomic E-state index is 0.600. The van der Waals surface area contributed by atoms with E-state index in [0.29, 0.717) is 23.8 Å². The lowest BCUT2D eigenvalue weighted by Crippen LogP contribution is -2.03. The number of hydrogen-bond donors (Lipinski definition) is 2. The molecule has 0 radical (unpaired) electrons. The predicted molar refractivity (Wildman–Crippen MR) is 105 cm³/mol. The Kier molecular flexibility index (Phi) is 3.40. The van der Waals surface area contributed by atoms with Crippen LogP contribution in [0.1, 0.15) is 41.7 Å². The molecule has 3 heterocycles. The van der Waals surface area contributed by atoms with Crippen molar-refractivity contribution in [2.45, 2.75) is 32.1 Å². The molecule has 0 bridgehead atoms. The number of anilines is 1. The molecule has 4 aromatic rings. The van der Waals surface area contributed by atoms with Crippen molar-refractivity contribution in [3.8, 4) is 5.75 Å². The van der Waals surface area contributed by atoms with Gasteiger partial charge in [0, 0.05) is 35.9 Å². The average molecular weight is 362 g/mol. The number of methoxy groups -OCH3 is 1. The molecule has 0 unspecified atom stereocenters. The van der Waals surface area contributed by atoms with Crippen molar-refractivity contribution in [1.29, 1.82) is 0 Å². The zero-order valence-corrected chi connectivity index (χ0v) is 15.7. The van der Waals surface area contributed by atoms with Crippen molar-refractivity contribution in [3.63, 3.8) is 0 Å². The lowest BCUT2D eigenvalue weighted by atomic mass is 10.1. The summed E-state index contributed by atoms with van der Waals surface area (Å²) in [4.78, 5) is 12.7. The number of rotatable bonds is 4. The maximum absolute atomic E-state index is 6.07. The number of aromatic nitrogens is 5. The van der Waals surface area contributed by atoms with Crippen LogP contribution in [0.5, 0.6) is 5.75 Å². The largest absolute Gasteiger partial charge is 0.495 e. The third-order valence-corrected chi connectivity index (χ3v) is 5.33. The first kappa shape index (κ1) is 16.1. The van der Waals surface area contributed by atoms with Crippen LogP contribution in [0.3, 0.4) is 0 Å². The summed E-state index contributed by atoms with van der Waals surface area (Å²) >= 11 is 0. The highest BCUT2D eigenvalue weighted by Gasteiger charge is 2.27. The minimum atomic E-state index is 0.600. The summed E-state index contributed by atoms with van der Waals surface area (Å²) in [6.07, 6.45) is 3.20. The van der Waals surface area contributed by atoms with Crippen molar-refractivity contribution in [3.05, 3.63) is 41.1 Å². The highest BCUT2D eigenvalue weighted by atomic mass is 16.5. The van der Waals surface area contributed by atoms with Gasteiger partial charge in [-0.2, -0.15) is 5.10 Å². The summed E-state index contributed by atoms with van der Waals surface area (Å²) in [6, 6.07) is 6.07. The molecule has 138 valence electrons. The molecule has 0 spiro atoms. The summed E-state index contributed by atoms with van der Waals surface area (Å²) in [5, 5.41) is 6.73. The second-order valence-electron chi connectivity index (χ2n) is 7.34. The number of nitrogens with two attached hydrogens (primary N) is 1. The molecule has 5 rings (SSSR count). The molecule has 0 amide bonds. The van der Waals surface area contributed by atoms with Gasteiger partial charge in [-0.05, 0) is 38.0 Å². The fourth-order valence-electron chi connectivity index (χ4n) is 3.79. The van der Waals surface area contributed by atoms with Crippen LogP contribution in [0.2, 0.25) is 0 Å². The number of benzene rings is 1. The fourth-order valence-corrected chi connectivity index (χ4v) is 3.79. The van der Waals surface area contributed by atoms with Crippen molar-refractivity contribution in [2.75, 3.05) is 12.8 Å². The standard InChI is InChI=1S/C20H22N6O/c1-10-22-17(7-12-6-15(11-4-5-11)25-26(12)2)19-13-8-18(27-3)14(21)9-16(13)24-20(19)23-10/h6,8-9,11H,4-5,7,21H2,1-3H3,(H,22,23,24). The average Bonchev–Trinajstić information content (AvgIpc) is 3.33. The van der Waals surface area contributed by atoms with Crippen LogP contribution in [-0.4, -0.2) is 31.8 Å². The molecule has 1 aliphatic rings. The van der Waals surface area contributed by atoms with Crippen LogP contribution in [-0.2, 0) is 13.5 Å². The quantitative estimate of drug-likeness (QED) is 0.544. The molecule has 7 nitrogen and oxygen atoms in total. The molecule has 27 heavy (non-hydrogen) atoms. The molecule has 0 saturated heterocycles. The maximum Gasteiger partial charge on any atom is 0.142 e. The van der Waals surface area contributed by atoms with E-state index in [1.807, 2.05) is 30.8 Å². The van der Waals surface area contributed by atoms with Gasteiger partial charge in [0.25, 0.3) is 0 Å². The highest BCUT2D eigenvalue weighted by Crippen LogP contribution is 2.40. The predicted octanol–water partition coefficient (Wildman–Crippen LogP) is 3.21. The molecule has 7 heteroatoms. The Labute approximate surface area is 156 Å². The van der Waals surface area contributed by atoms with E-state index in [1.165, 1.54) is 18.5 Å². The van der Waals surface area contributed by atoms with Gasteiger partial charge in [-0.25, -0.2) is 9.97 Å². The van der Waals surface area contributed by atoms with E-state index in [1.54, 1.807) is 7.11 Å². The van der Waals surface area contributed by atoms with Crippen LogP contribution in [0.4, 0.5) is 5.69 Å². The lowest BCUT2D eigenvalue weighted by molar-refractivity contribution is 0.417. The number of aryl methyl sites for hydroxylation is 2. The van der Waals surface area contributed by atoms with E-state index < -0.39 is 0 Å². The Bertz CT molecular complexity index is 1180. The number of fused-ring (bicyclic) bond motifs is 3. The van der Waals surface area contributed by atoms with Crippen LogP contribution >= 0.6 is 0 Å². The van der Waals surface area contributed by atoms with E-state index in [4.69, 9.17) is 15.5 Å². The van der Waals surface area contributed by atoms with Gasteiger partial charge in [0.15, 0.2) is 0 Å². The van der Waals surface area contributed by atoms with Gasteiger partial charge in [-0.1, -0.05) is 0 Å². The third-order valence-electron chi connectivity index (χ3n) is 5.33. The summed E-state index contributed by atoms with van der Waals surface area (Å²) in [7, 11) is 3.63. The molecule has 0 aliphatic heterocycles. The zero-order valence-electron chi connectivity index (χ0n) is 15.7. The van der Waals surface area contributed by atoms with Gasteiger partial charge in [-0.15, -0.1) is 0 Å². The molecule has 1 saturated carbocycles. The summed E-state index contributed by atoms with van der Waals surface area (Å²) in [5.41, 5.74) is 11.8. The van der Waals surface area contributed by atoms with E-state index in [-0.39, 0.29) is 0 Å². The number of aromatic amines is 1. The van der Waals surface area contributed by atoms with Gasteiger partial charge >= 0.3 is 0 Å². The van der Waals surface area contributed by atoms with Gasteiger partial charge in [0.05, 0.1) is 29.7 Å². The van der Waals surface area contributed by atoms with E-state index in [0.717, 1.165) is 39.1 Å². The smallest absolute Gasteiger partial charge is 0.142 e. The van der Waals surface area contributed by atoms with Crippen LogP contribution < -0.4 is 10.5 Å². The van der Waals surface area contributed by atoms with Crippen LogP contribution in [0.15, 0.2) is 18.2 Å². The third kappa shape index (κ3) is 2.61. The molecule has 0 atom stereocenters. The van der Waals surface area contributed by atoms with Gasteiger partial charge < -0.3 is 15.5 Å². The zero-order chi connectivity index (χ0) is 18.7. The number of nitrogen functional groups attached to an aromatic ring is 1. The van der Waals surface area contributed by atoms with Gasteiger partial charge in [0.1, 0.15) is 17.2 Å². The topological polar surface area (TPSA) is 94.6 Å². The summed E-state index contributed by atoms with van der Waals surface area (Å²) in [5.74, 6) is 2.04. The van der Waals surface area contributed by atoms with Crippen LogP contribution in [0.25, 0.3) is 21.9 Å². The van der Waals surface area contributed by atoms with E-state index >= 15 is 0 Å². The highest BCUT2D eigenvalue weighted by molar-refractivity contribution is 6.08. The van der Waals surface area contributed by atoms with Crippen molar-refractivity contribution in [2.24, 2.45) is 7.05 Å². The fraction of sp³-hybridized carbons (Fsp3) is 0.350. The molecule has 3 aromatic heterocycles. The summed E-state index contributed by atoms with van der Waals surface area (Å²) < 4.78 is 7.39. The number of hydrogen-bond acceptors (Lipinski definition) is 5. The molecule has 1 aromatic carbocycles. The number of nitrogens with zero attached hydrogens (tertiary/aromatic N) is 4. The molecule has 1 fully saturated rings. The monoisotopic (exact) mass is 362 g/mol. The first-order chi connectivity index (χ1) is 13.0. The Morgan fingerprint density at radius 2 is 2.07 bits per heavy atom. The van der Waals surface area contributed by atoms with E-state index in [2.05, 4.69) is 21.1 Å². The Balaban J connectivity index is 1.69. The van der Waals surface area contributed by atoms with E-state index in [9.17, 15) is 0 Å². The first-order valence-corrected chi connectivity index (χ1v) is 9.18. The molecular formula is C20H22N6O. The Hall–Kier alpha value is -3.09. The summed E-state index contributed by atoms with van der Waals surface area (Å²) in [6.45, 7) is 1.92. The number of ether oxygens (including phenoxy) is 1. The number of H-pyrrole nitrogens is 1. The molecule has 3 N–H and O–H groups in total. The van der Waals surface area contributed by atoms with Gasteiger partial charge in [0.2, 0.25) is 0 Å². The SMILES string of the molecule is COc1cc2c(cc1N)[nH]c1nc(C)nc(Cc3cc(C4CC4)nn3C)c12. The Morgan fingerprint density at radius 3 is 2.81 bits per heavy atom. The normalized spacial score (nSPS) is 14.3. The maximum atomic E-state index is 6.07. The van der Waals surface area contributed by atoms with Crippen molar-refractivity contribution >= 4 is 27.6 Å². The second kappa shape index (κ2) is 5.70.